The van der Waals surface area contributed by atoms with Crippen LogP contribution in [0.1, 0.15) is 44.0 Å². The number of nitrogens with one attached hydrogen (secondary N) is 1. The van der Waals surface area contributed by atoms with Gasteiger partial charge >= 0.3 is 6.18 Å². The lowest BCUT2D eigenvalue weighted by atomic mass is 10.2. The summed E-state index contributed by atoms with van der Waals surface area (Å²) in [4.78, 5) is 13.6. The van der Waals surface area contributed by atoms with E-state index in [1.165, 1.54) is 0 Å². The zero-order valence-electron chi connectivity index (χ0n) is 21.3. The van der Waals surface area contributed by atoms with E-state index >= 15 is 8.78 Å². The Bertz CT molecular complexity index is 1340. The quantitative estimate of drug-likeness (QED) is 0.247. The van der Waals surface area contributed by atoms with Crippen molar-refractivity contribution in [2.24, 2.45) is 0 Å². The molecular formula is C24H28ClF5N2O4SSi. The molecule has 1 fully saturated rings. The van der Waals surface area contributed by atoms with E-state index in [2.05, 4.69) is 4.74 Å². The summed E-state index contributed by atoms with van der Waals surface area (Å²) in [6.07, 6.45) is -3.57. The molecule has 1 atom stereocenters. The maximum Gasteiger partial charge on any atom is 0.422 e. The van der Waals surface area contributed by atoms with Gasteiger partial charge in [-0.25, -0.2) is 17.8 Å². The zero-order valence-corrected chi connectivity index (χ0v) is 23.9. The first-order chi connectivity index (χ1) is 17.3. The number of hydrogen-bond acceptors (Lipinski definition) is 5. The lowest BCUT2D eigenvalue weighted by molar-refractivity contribution is -0.153. The highest BCUT2D eigenvalue weighted by atomic mass is 35.5. The SMILES string of the molecule is CC(C)(C)[Si](C)(C)N(C(=O)c1cc(F)c(Oc2ccc(OCC(F)(F)F)c(Cl)c2)cc1F)S(=N)(=O)C1CC1. The minimum absolute atomic E-state index is 0.127. The molecule has 0 aliphatic heterocycles. The number of amides is 1. The van der Waals surface area contributed by atoms with Crippen molar-refractivity contribution in [3.8, 4) is 17.2 Å². The molecule has 0 heterocycles. The first kappa shape index (κ1) is 30.2. The molecule has 1 aliphatic rings. The predicted octanol–water partition coefficient (Wildman–Crippen LogP) is 7.92. The predicted molar refractivity (Wildman–Crippen MR) is 137 cm³/mol. The fourth-order valence-electron chi connectivity index (χ4n) is 3.39. The Balaban J connectivity index is 1.93. The molecule has 38 heavy (non-hydrogen) atoms. The molecule has 3 rings (SSSR count). The van der Waals surface area contributed by atoms with Gasteiger partial charge in [0.25, 0.3) is 5.91 Å². The Morgan fingerprint density at radius 2 is 1.71 bits per heavy atom. The number of rotatable bonds is 8. The number of halogens is 6. The smallest absolute Gasteiger partial charge is 0.422 e. The third kappa shape index (κ3) is 6.42. The Kier molecular flexibility index (Phi) is 8.18. The van der Waals surface area contributed by atoms with Crippen LogP contribution in [0.25, 0.3) is 0 Å². The average molecular weight is 599 g/mol. The first-order valence-corrected chi connectivity index (χ1v) is 16.4. The Morgan fingerprint density at radius 1 is 1.11 bits per heavy atom. The van der Waals surface area contributed by atoms with E-state index in [4.69, 9.17) is 21.1 Å². The normalized spacial score (nSPS) is 16.1. The fraction of sp³-hybridized carbons (Fsp3) is 0.458. The van der Waals surface area contributed by atoms with Crippen LogP contribution in [-0.2, 0) is 9.92 Å². The Labute approximate surface area is 224 Å². The highest BCUT2D eigenvalue weighted by molar-refractivity contribution is 7.93. The van der Waals surface area contributed by atoms with Crippen molar-refractivity contribution in [3.63, 3.8) is 0 Å². The van der Waals surface area contributed by atoms with Crippen LogP contribution in [0.4, 0.5) is 22.0 Å². The van der Waals surface area contributed by atoms with Crippen LogP contribution < -0.4 is 9.47 Å². The van der Waals surface area contributed by atoms with Crippen molar-refractivity contribution >= 4 is 35.7 Å². The van der Waals surface area contributed by atoms with E-state index in [0.717, 1.165) is 22.2 Å². The van der Waals surface area contributed by atoms with Crippen LogP contribution in [0.3, 0.4) is 0 Å². The molecule has 1 saturated carbocycles. The molecule has 2 aromatic rings. The second-order valence-electron chi connectivity index (χ2n) is 10.5. The number of ether oxygens (including phenoxy) is 2. The molecule has 0 saturated heterocycles. The maximum atomic E-state index is 15.2. The number of hydrogen-bond donors (Lipinski definition) is 1. The van der Waals surface area contributed by atoms with Gasteiger partial charge in [-0.2, -0.15) is 13.2 Å². The summed E-state index contributed by atoms with van der Waals surface area (Å²) in [6, 6.07) is 4.55. The number of benzene rings is 2. The molecule has 0 aromatic heterocycles. The van der Waals surface area contributed by atoms with E-state index in [1.54, 1.807) is 13.1 Å². The standard InChI is InChI=1S/C24H28ClF5N2O4SSi/c1-23(2,3)38(4,5)32(37(31,34)15-7-8-15)22(33)16-11-19(27)21(12-18(16)26)36-14-6-9-20(17(25)10-14)35-13-24(28,29)30/h6,9-12,15,31H,7-8,13H2,1-5H3. The van der Waals surface area contributed by atoms with Crippen LogP contribution >= 0.6 is 11.6 Å². The van der Waals surface area contributed by atoms with Crippen molar-refractivity contribution in [2.45, 2.75) is 63.2 Å². The molecule has 0 radical (unpaired) electrons. The molecule has 1 aliphatic carbocycles. The van der Waals surface area contributed by atoms with Crippen molar-refractivity contribution in [1.82, 2.24) is 3.97 Å². The largest absolute Gasteiger partial charge is 0.483 e. The van der Waals surface area contributed by atoms with Crippen molar-refractivity contribution in [1.29, 1.82) is 4.78 Å². The summed E-state index contributed by atoms with van der Waals surface area (Å²) in [5.41, 5.74) is -0.686. The maximum absolute atomic E-state index is 15.2. The van der Waals surface area contributed by atoms with E-state index in [0.29, 0.717) is 25.0 Å². The molecule has 1 N–H and O–H groups in total. The third-order valence-electron chi connectivity index (χ3n) is 6.55. The molecule has 0 bridgehead atoms. The van der Waals surface area contributed by atoms with E-state index in [9.17, 15) is 22.2 Å². The van der Waals surface area contributed by atoms with Crippen LogP contribution in [-0.4, -0.2) is 40.4 Å². The second kappa shape index (κ2) is 10.3. The van der Waals surface area contributed by atoms with Crippen LogP contribution in [0, 0.1) is 16.4 Å². The van der Waals surface area contributed by atoms with Gasteiger partial charge in [0.2, 0.25) is 0 Å². The molecule has 0 spiro atoms. The lowest BCUT2D eigenvalue weighted by Gasteiger charge is -2.46. The summed E-state index contributed by atoms with van der Waals surface area (Å²) in [7, 11) is -6.58. The summed E-state index contributed by atoms with van der Waals surface area (Å²) in [5.74, 6) is -4.34. The van der Waals surface area contributed by atoms with Gasteiger partial charge in [-0.15, -0.1) is 0 Å². The minimum Gasteiger partial charge on any atom is -0.483 e. The van der Waals surface area contributed by atoms with Gasteiger partial charge in [0.05, 0.1) is 15.8 Å². The van der Waals surface area contributed by atoms with Crippen molar-refractivity contribution in [3.05, 3.63) is 52.6 Å². The molecule has 210 valence electrons. The highest BCUT2D eigenvalue weighted by Crippen LogP contribution is 2.44. The first-order valence-electron chi connectivity index (χ1n) is 11.5. The summed E-state index contributed by atoms with van der Waals surface area (Å²) >= 11 is 5.92. The van der Waals surface area contributed by atoms with Gasteiger partial charge < -0.3 is 9.47 Å². The van der Waals surface area contributed by atoms with Gasteiger partial charge in [0.15, 0.2) is 26.4 Å². The molecule has 6 nitrogen and oxygen atoms in total. The number of carbonyl (C=O) groups excluding carboxylic acids is 1. The van der Waals surface area contributed by atoms with E-state index in [-0.39, 0.29) is 16.5 Å². The molecule has 1 amide bonds. The van der Waals surface area contributed by atoms with Gasteiger partial charge in [0.1, 0.15) is 27.2 Å². The van der Waals surface area contributed by atoms with Crippen LogP contribution in [0.2, 0.25) is 23.2 Å². The number of carbonyl (C=O) groups is 1. The van der Waals surface area contributed by atoms with Crippen molar-refractivity contribution < 1.29 is 40.4 Å². The Morgan fingerprint density at radius 3 is 2.21 bits per heavy atom. The molecule has 1 unspecified atom stereocenters. The van der Waals surface area contributed by atoms with E-state index < -0.39 is 70.1 Å². The topological polar surface area (TPSA) is 79.7 Å². The monoisotopic (exact) mass is 598 g/mol. The van der Waals surface area contributed by atoms with E-state index in [1.807, 2.05) is 20.8 Å². The summed E-state index contributed by atoms with van der Waals surface area (Å²) in [6.45, 7) is 7.50. The number of nitrogens with zero attached hydrogens (tertiary/aromatic N) is 1. The molecule has 14 heteroatoms. The third-order valence-corrected chi connectivity index (χ3v) is 16.0. The fourth-order valence-corrected chi connectivity index (χ4v) is 10.2. The lowest BCUT2D eigenvalue weighted by Crippen LogP contribution is -2.60. The van der Waals surface area contributed by atoms with Crippen molar-refractivity contribution in [2.75, 3.05) is 6.61 Å². The summed E-state index contributed by atoms with van der Waals surface area (Å²) in [5, 5.41) is -1.31. The van der Waals surface area contributed by atoms with Crippen LogP contribution in [0.15, 0.2) is 30.3 Å². The molecular weight excluding hydrogens is 571 g/mol. The zero-order chi connectivity index (χ0) is 28.8. The summed E-state index contributed by atoms with van der Waals surface area (Å²) < 4.78 is 100. The van der Waals surface area contributed by atoms with Gasteiger partial charge in [-0.3, -0.25) is 8.77 Å². The highest BCUT2D eigenvalue weighted by Gasteiger charge is 2.52. The second-order valence-corrected chi connectivity index (χ2v) is 18.5. The minimum atomic E-state index is -4.58. The number of alkyl halides is 3. The van der Waals surface area contributed by atoms with Gasteiger partial charge in [0, 0.05) is 12.1 Å². The molecule has 2 aromatic carbocycles. The van der Waals surface area contributed by atoms with Crippen LogP contribution in [0.5, 0.6) is 17.2 Å². The van der Waals surface area contributed by atoms with Gasteiger partial charge in [-0.1, -0.05) is 45.5 Å². The van der Waals surface area contributed by atoms with Gasteiger partial charge in [-0.05, 0) is 36.1 Å². The average Bonchev–Trinajstić information content (AvgIpc) is 3.60. The Hall–Kier alpha value is -2.38.